The molecular weight excluding hydrogens is 250 g/mol. The van der Waals surface area contributed by atoms with Gasteiger partial charge in [0.2, 0.25) is 0 Å². The van der Waals surface area contributed by atoms with Gasteiger partial charge in [-0.25, -0.2) is 0 Å². The van der Waals surface area contributed by atoms with Crippen LogP contribution in [0.4, 0.5) is 0 Å². The zero-order chi connectivity index (χ0) is 14.8. The summed E-state index contributed by atoms with van der Waals surface area (Å²) in [4.78, 5) is 13.0. The Morgan fingerprint density at radius 3 is 2.40 bits per heavy atom. The second-order valence-electron chi connectivity index (χ2n) is 5.33. The van der Waals surface area contributed by atoms with Crippen molar-refractivity contribution in [2.75, 3.05) is 13.1 Å². The van der Waals surface area contributed by atoms with Crippen molar-refractivity contribution in [1.29, 1.82) is 0 Å². The summed E-state index contributed by atoms with van der Waals surface area (Å²) in [6.07, 6.45) is 4.37. The highest BCUT2D eigenvalue weighted by molar-refractivity contribution is 5.66. The summed E-state index contributed by atoms with van der Waals surface area (Å²) >= 11 is 0. The fourth-order valence-electron chi connectivity index (χ4n) is 2.39. The summed E-state index contributed by atoms with van der Waals surface area (Å²) in [5, 5.41) is 8.69. The Morgan fingerprint density at radius 2 is 1.80 bits per heavy atom. The van der Waals surface area contributed by atoms with Crippen LogP contribution in [0, 0.1) is 0 Å². The SMILES string of the molecule is CCCCN(CCCCC(=O)O)C(C)c1ccccc1. The van der Waals surface area contributed by atoms with E-state index in [1.165, 1.54) is 18.4 Å². The van der Waals surface area contributed by atoms with Crippen molar-refractivity contribution in [3.63, 3.8) is 0 Å². The minimum atomic E-state index is -0.693. The van der Waals surface area contributed by atoms with Crippen molar-refractivity contribution in [2.45, 2.75) is 52.0 Å². The average Bonchev–Trinajstić information content (AvgIpc) is 2.46. The normalized spacial score (nSPS) is 12.6. The highest BCUT2D eigenvalue weighted by Crippen LogP contribution is 2.21. The molecule has 112 valence electrons. The molecule has 0 radical (unpaired) electrons. The van der Waals surface area contributed by atoms with Gasteiger partial charge in [0.1, 0.15) is 0 Å². The fraction of sp³-hybridized carbons (Fsp3) is 0.588. The number of nitrogens with zero attached hydrogens (tertiary/aromatic N) is 1. The highest BCUT2D eigenvalue weighted by Gasteiger charge is 2.14. The molecule has 1 rings (SSSR count). The minimum absolute atomic E-state index is 0.279. The molecule has 1 aromatic carbocycles. The first-order valence-corrected chi connectivity index (χ1v) is 7.66. The second-order valence-corrected chi connectivity index (χ2v) is 5.33. The number of unbranched alkanes of at least 4 members (excludes halogenated alkanes) is 2. The lowest BCUT2D eigenvalue weighted by Gasteiger charge is -2.29. The minimum Gasteiger partial charge on any atom is -0.481 e. The highest BCUT2D eigenvalue weighted by atomic mass is 16.4. The molecule has 1 N–H and O–H groups in total. The number of hydrogen-bond donors (Lipinski definition) is 1. The summed E-state index contributed by atoms with van der Waals surface area (Å²) < 4.78 is 0. The zero-order valence-electron chi connectivity index (χ0n) is 12.7. The van der Waals surface area contributed by atoms with Crippen LogP contribution in [-0.2, 0) is 4.79 Å². The first-order chi connectivity index (χ1) is 9.65. The maximum absolute atomic E-state index is 10.6. The molecular formula is C17H27NO2. The molecule has 20 heavy (non-hydrogen) atoms. The van der Waals surface area contributed by atoms with Crippen molar-refractivity contribution >= 4 is 5.97 Å². The Hall–Kier alpha value is -1.35. The first kappa shape index (κ1) is 16.7. The number of carbonyl (C=O) groups is 1. The van der Waals surface area contributed by atoms with Gasteiger partial charge in [-0.05, 0) is 44.8 Å². The van der Waals surface area contributed by atoms with Crippen LogP contribution in [0.2, 0.25) is 0 Å². The Balaban J connectivity index is 2.52. The molecule has 0 heterocycles. The van der Waals surface area contributed by atoms with Crippen molar-refractivity contribution < 1.29 is 9.90 Å². The molecule has 3 nitrogen and oxygen atoms in total. The summed E-state index contributed by atoms with van der Waals surface area (Å²) in [7, 11) is 0. The molecule has 1 unspecified atom stereocenters. The van der Waals surface area contributed by atoms with E-state index in [9.17, 15) is 4.79 Å². The molecule has 0 bridgehead atoms. The van der Waals surface area contributed by atoms with Gasteiger partial charge < -0.3 is 5.11 Å². The summed E-state index contributed by atoms with van der Waals surface area (Å²) in [6, 6.07) is 10.9. The molecule has 1 atom stereocenters. The van der Waals surface area contributed by atoms with Gasteiger partial charge >= 0.3 is 5.97 Å². The number of carboxylic acids is 1. The number of carboxylic acid groups (broad SMARTS) is 1. The molecule has 0 aliphatic rings. The first-order valence-electron chi connectivity index (χ1n) is 7.66. The molecule has 0 fully saturated rings. The second kappa shape index (κ2) is 9.54. The lowest BCUT2D eigenvalue weighted by atomic mass is 10.1. The molecule has 1 aromatic rings. The van der Waals surface area contributed by atoms with E-state index in [1.807, 2.05) is 6.07 Å². The average molecular weight is 277 g/mol. The third-order valence-corrected chi connectivity index (χ3v) is 3.71. The van der Waals surface area contributed by atoms with Crippen molar-refractivity contribution in [1.82, 2.24) is 4.90 Å². The zero-order valence-corrected chi connectivity index (χ0v) is 12.7. The lowest BCUT2D eigenvalue weighted by Crippen LogP contribution is -2.29. The van der Waals surface area contributed by atoms with E-state index in [1.54, 1.807) is 0 Å². The summed E-state index contributed by atoms with van der Waals surface area (Å²) in [5.41, 5.74) is 1.34. The van der Waals surface area contributed by atoms with Crippen LogP contribution < -0.4 is 0 Å². The molecule has 0 saturated carbocycles. The van der Waals surface area contributed by atoms with Crippen LogP contribution >= 0.6 is 0 Å². The summed E-state index contributed by atoms with van der Waals surface area (Å²) in [5.74, 6) is -0.693. The molecule has 0 aliphatic carbocycles. The van der Waals surface area contributed by atoms with Crippen LogP contribution in [0.15, 0.2) is 30.3 Å². The van der Waals surface area contributed by atoms with Crippen molar-refractivity contribution in [3.8, 4) is 0 Å². The van der Waals surface area contributed by atoms with Crippen LogP contribution in [0.25, 0.3) is 0 Å². The largest absolute Gasteiger partial charge is 0.481 e. The molecule has 0 spiro atoms. The maximum Gasteiger partial charge on any atom is 0.303 e. The fourth-order valence-corrected chi connectivity index (χ4v) is 2.39. The maximum atomic E-state index is 10.6. The Morgan fingerprint density at radius 1 is 1.15 bits per heavy atom. The number of rotatable bonds is 10. The van der Waals surface area contributed by atoms with Crippen LogP contribution in [0.5, 0.6) is 0 Å². The van der Waals surface area contributed by atoms with Gasteiger partial charge in [0, 0.05) is 12.5 Å². The molecule has 0 saturated heterocycles. The van der Waals surface area contributed by atoms with Crippen LogP contribution in [0.1, 0.15) is 57.6 Å². The topological polar surface area (TPSA) is 40.5 Å². The Bertz CT molecular complexity index is 378. The van der Waals surface area contributed by atoms with Gasteiger partial charge in [0.15, 0.2) is 0 Å². The van der Waals surface area contributed by atoms with Gasteiger partial charge in [0.05, 0.1) is 0 Å². The third kappa shape index (κ3) is 6.20. The smallest absolute Gasteiger partial charge is 0.303 e. The Kier molecular flexibility index (Phi) is 7.97. The van der Waals surface area contributed by atoms with E-state index < -0.39 is 5.97 Å². The molecule has 0 amide bonds. The van der Waals surface area contributed by atoms with Crippen molar-refractivity contribution in [3.05, 3.63) is 35.9 Å². The quantitative estimate of drug-likeness (QED) is 0.654. The van der Waals surface area contributed by atoms with E-state index in [4.69, 9.17) is 5.11 Å². The van der Waals surface area contributed by atoms with Gasteiger partial charge in [-0.15, -0.1) is 0 Å². The Labute approximate surface area is 122 Å². The van der Waals surface area contributed by atoms with E-state index in [-0.39, 0.29) is 6.42 Å². The monoisotopic (exact) mass is 277 g/mol. The molecule has 0 aliphatic heterocycles. The van der Waals surface area contributed by atoms with Crippen LogP contribution in [-0.4, -0.2) is 29.1 Å². The number of aliphatic carboxylic acids is 1. The van der Waals surface area contributed by atoms with Gasteiger partial charge in [-0.2, -0.15) is 0 Å². The predicted molar refractivity (Wildman–Crippen MR) is 82.8 cm³/mol. The number of benzene rings is 1. The van der Waals surface area contributed by atoms with E-state index in [2.05, 4.69) is 43.0 Å². The third-order valence-electron chi connectivity index (χ3n) is 3.71. The number of hydrogen-bond acceptors (Lipinski definition) is 2. The molecule has 0 aromatic heterocycles. The standard InChI is InChI=1S/C17H27NO2/c1-3-4-13-18(14-9-8-12-17(19)20)15(2)16-10-6-5-7-11-16/h5-7,10-11,15H,3-4,8-9,12-14H2,1-2H3,(H,19,20). The van der Waals surface area contributed by atoms with E-state index in [0.29, 0.717) is 6.04 Å². The van der Waals surface area contributed by atoms with E-state index >= 15 is 0 Å². The summed E-state index contributed by atoms with van der Waals surface area (Å²) in [6.45, 7) is 6.50. The predicted octanol–water partition coefficient (Wildman–Crippen LogP) is 4.10. The van der Waals surface area contributed by atoms with Crippen LogP contribution in [0.3, 0.4) is 0 Å². The van der Waals surface area contributed by atoms with Gasteiger partial charge in [0.25, 0.3) is 0 Å². The van der Waals surface area contributed by atoms with E-state index in [0.717, 1.165) is 25.9 Å². The van der Waals surface area contributed by atoms with Crippen molar-refractivity contribution in [2.24, 2.45) is 0 Å². The molecule has 3 heteroatoms. The lowest BCUT2D eigenvalue weighted by molar-refractivity contribution is -0.137. The van der Waals surface area contributed by atoms with Gasteiger partial charge in [-0.1, -0.05) is 43.7 Å². The van der Waals surface area contributed by atoms with Gasteiger partial charge in [-0.3, -0.25) is 9.69 Å².